The summed E-state index contributed by atoms with van der Waals surface area (Å²) in [6, 6.07) is 22.6. The smallest absolute Gasteiger partial charge is 0.253 e. The molecule has 2 saturated heterocycles. The van der Waals surface area contributed by atoms with Crippen molar-refractivity contribution < 1.29 is 23.5 Å². The largest absolute Gasteiger partial charge is 0.497 e. The molecule has 0 unspecified atom stereocenters. The van der Waals surface area contributed by atoms with Crippen LogP contribution in [0.5, 0.6) is 5.75 Å². The number of carbonyl (C=O) groups excluding carboxylic acids is 3. The number of benzene rings is 3. The monoisotopic (exact) mass is 530 g/mol. The highest BCUT2D eigenvalue weighted by Gasteiger charge is 2.54. The maximum Gasteiger partial charge on any atom is 0.253 e. The van der Waals surface area contributed by atoms with Gasteiger partial charge in [0.25, 0.3) is 11.8 Å². The van der Waals surface area contributed by atoms with Crippen LogP contribution in [0.2, 0.25) is 0 Å². The second kappa shape index (κ2) is 11.1. The van der Waals surface area contributed by atoms with Gasteiger partial charge >= 0.3 is 0 Å². The van der Waals surface area contributed by atoms with Gasteiger partial charge in [0.15, 0.2) is 0 Å². The molecule has 0 radical (unpaired) electrons. The minimum atomic E-state index is -0.838. The molecule has 3 aromatic carbocycles. The first-order valence-corrected chi connectivity index (χ1v) is 13.0. The van der Waals surface area contributed by atoms with Gasteiger partial charge in [-0.25, -0.2) is 4.39 Å². The Morgan fingerprint density at radius 1 is 0.949 bits per heavy atom. The van der Waals surface area contributed by atoms with Gasteiger partial charge in [0.1, 0.15) is 23.7 Å². The lowest BCUT2D eigenvalue weighted by Crippen LogP contribution is -2.57. The molecule has 5 rings (SSSR count). The fraction of sp³-hybridized carbons (Fsp3) is 0.300. The van der Waals surface area contributed by atoms with Crippen molar-refractivity contribution in [3.8, 4) is 5.75 Å². The molecule has 2 aliphatic heterocycles. The van der Waals surface area contributed by atoms with E-state index in [0.29, 0.717) is 37.2 Å². The van der Waals surface area contributed by atoms with Crippen LogP contribution < -0.4 is 15.0 Å². The Bertz CT molecular complexity index is 1320. The van der Waals surface area contributed by atoms with Gasteiger partial charge in [-0.2, -0.15) is 0 Å². The molecule has 2 fully saturated rings. The number of methoxy groups -OCH3 is 1. The van der Waals surface area contributed by atoms with E-state index in [2.05, 4.69) is 10.2 Å². The molecular formula is C30H31FN4O4. The summed E-state index contributed by atoms with van der Waals surface area (Å²) >= 11 is 0. The maximum absolute atomic E-state index is 13.9. The number of rotatable bonds is 7. The van der Waals surface area contributed by atoms with Gasteiger partial charge in [0, 0.05) is 30.9 Å². The van der Waals surface area contributed by atoms with E-state index in [1.54, 1.807) is 53.3 Å². The van der Waals surface area contributed by atoms with Gasteiger partial charge in [0.2, 0.25) is 5.91 Å². The number of nitrogens with one attached hydrogen (secondary N) is 1. The second-order valence-electron chi connectivity index (χ2n) is 9.86. The van der Waals surface area contributed by atoms with Crippen LogP contribution in [0.1, 0.15) is 28.8 Å². The summed E-state index contributed by atoms with van der Waals surface area (Å²) in [7, 11) is 1.58. The normalized spacial score (nSPS) is 16.5. The molecule has 0 saturated carbocycles. The molecule has 9 heteroatoms. The summed E-state index contributed by atoms with van der Waals surface area (Å²) in [6.07, 6.45) is 0.909. The van der Waals surface area contributed by atoms with E-state index in [0.717, 1.165) is 11.3 Å². The van der Waals surface area contributed by atoms with Crippen LogP contribution in [-0.2, 0) is 16.1 Å². The molecule has 0 atom stereocenters. The number of para-hydroxylation sites is 1. The van der Waals surface area contributed by atoms with Crippen molar-refractivity contribution in [2.45, 2.75) is 24.9 Å². The van der Waals surface area contributed by atoms with Gasteiger partial charge in [-0.1, -0.05) is 30.3 Å². The first kappa shape index (κ1) is 26.2. The molecule has 39 heavy (non-hydrogen) atoms. The van der Waals surface area contributed by atoms with Crippen molar-refractivity contribution >= 4 is 23.4 Å². The van der Waals surface area contributed by atoms with Crippen LogP contribution in [-0.4, -0.2) is 66.5 Å². The van der Waals surface area contributed by atoms with Crippen LogP contribution in [0.3, 0.4) is 0 Å². The van der Waals surface area contributed by atoms with E-state index in [4.69, 9.17) is 4.74 Å². The summed E-state index contributed by atoms with van der Waals surface area (Å²) in [5.41, 5.74) is 1.41. The summed E-state index contributed by atoms with van der Waals surface area (Å²) in [5, 5.41) is 2.82. The van der Waals surface area contributed by atoms with Gasteiger partial charge in [-0.15, -0.1) is 0 Å². The van der Waals surface area contributed by atoms with Gasteiger partial charge in [0.05, 0.1) is 13.8 Å². The van der Waals surface area contributed by atoms with Crippen LogP contribution >= 0.6 is 0 Å². The quantitative estimate of drug-likeness (QED) is 0.506. The number of anilines is 1. The average Bonchev–Trinajstić information content (AvgIpc) is 3.23. The number of hydrogen-bond donors (Lipinski definition) is 1. The number of nitrogens with zero attached hydrogens (tertiary/aromatic N) is 3. The van der Waals surface area contributed by atoms with Crippen molar-refractivity contribution in [1.29, 1.82) is 0 Å². The summed E-state index contributed by atoms with van der Waals surface area (Å²) < 4.78 is 18.4. The van der Waals surface area contributed by atoms with E-state index >= 15 is 0 Å². The molecule has 0 aliphatic carbocycles. The van der Waals surface area contributed by atoms with Gasteiger partial charge < -0.3 is 24.8 Å². The van der Waals surface area contributed by atoms with E-state index in [1.807, 2.05) is 30.3 Å². The predicted octanol–water partition coefficient (Wildman–Crippen LogP) is 3.43. The van der Waals surface area contributed by atoms with E-state index < -0.39 is 5.54 Å². The van der Waals surface area contributed by atoms with Gasteiger partial charge in [-0.05, 0) is 66.9 Å². The number of carbonyl (C=O) groups is 3. The Morgan fingerprint density at radius 3 is 2.26 bits per heavy atom. The fourth-order valence-electron chi connectivity index (χ4n) is 5.35. The molecule has 3 aromatic rings. The van der Waals surface area contributed by atoms with Crippen LogP contribution in [0.25, 0.3) is 0 Å². The molecular weight excluding hydrogens is 499 g/mol. The first-order valence-electron chi connectivity index (χ1n) is 13.0. The van der Waals surface area contributed by atoms with Crippen molar-refractivity contribution in [2.24, 2.45) is 0 Å². The molecule has 8 nitrogen and oxygen atoms in total. The first-order chi connectivity index (χ1) is 18.9. The minimum Gasteiger partial charge on any atom is -0.497 e. The molecule has 3 amide bonds. The Morgan fingerprint density at radius 2 is 1.62 bits per heavy atom. The highest BCUT2D eigenvalue weighted by molar-refractivity contribution is 5.97. The van der Waals surface area contributed by atoms with E-state index in [-0.39, 0.29) is 43.3 Å². The highest BCUT2D eigenvalue weighted by Crippen LogP contribution is 2.39. The zero-order chi connectivity index (χ0) is 27.4. The van der Waals surface area contributed by atoms with Crippen molar-refractivity contribution in [1.82, 2.24) is 15.1 Å². The molecule has 0 aromatic heterocycles. The summed E-state index contributed by atoms with van der Waals surface area (Å²) in [5.74, 6) is -0.136. The minimum absolute atomic E-state index is 0.0822. The summed E-state index contributed by atoms with van der Waals surface area (Å²) in [6.45, 7) is 1.28. The number of hydrogen-bond acceptors (Lipinski definition) is 5. The Labute approximate surface area is 227 Å². The van der Waals surface area contributed by atoms with Crippen molar-refractivity contribution in [2.75, 3.05) is 38.3 Å². The Kier molecular flexibility index (Phi) is 7.49. The van der Waals surface area contributed by atoms with Crippen LogP contribution in [0.15, 0.2) is 78.9 Å². The SMILES string of the molecule is COc1ccc(C(=O)N2CCC3(CC2)C(=O)N(CC(=O)NCc2ccc(F)cc2)CN3c2ccccc2)cc1. The number of piperidine rings is 1. The average molecular weight is 531 g/mol. The number of ether oxygens (including phenoxy) is 1. The zero-order valence-electron chi connectivity index (χ0n) is 21.8. The lowest BCUT2D eigenvalue weighted by Gasteiger charge is -2.43. The van der Waals surface area contributed by atoms with E-state index in [9.17, 15) is 18.8 Å². The van der Waals surface area contributed by atoms with Crippen molar-refractivity contribution in [3.63, 3.8) is 0 Å². The predicted molar refractivity (Wildman–Crippen MR) is 145 cm³/mol. The second-order valence-corrected chi connectivity index (χ2v) is 9.86. The maximum atomic E-state index is 13.9. The third kappa shape index (κ3) is 5.43. The topological polar surface area (TPSA) is 82.2 Å². The van der Waals surface area contributed by atoms with Crippen molar-refractivity contribution in [3.05, 3.63) is 95.8 Å². The number of likely N-dealkylation sites (tertiary alicyclic amines) is 1. The van der Waals surface area contributed by atoms with Crippen LogP contribution in [0.4, 0.5) is 10.1 Å². The number of halogens is 1. The summed E-state index contributed by atoms with van der Waals surface area (Å²) in [4.78, 5) is 45.2. The lowest BCUT2D eigenvalue weighted by molar-refractivity contribution is -0.137. The van der Waals surface area contributed by atoms with Gasteiger partial charge in [-0.3, -0.25) is 14.4 Å². The third-order valence-corrected chi connectivity index (χ3v) is 7.53. The molecule has 1 spiro atoms. The molecule has 2 heterocycles. The third-order valence-electron chi connectivity index (χ3n) is 7.53. The zero-order valence-corrected chi connectivity index (χ0v) is 21.8. The number of amides is 3. The van der Waals surface area contributed by atoms with Crippen LogP contribution in [0, 0.1) is 5.82 Å². The Hall–Kier alpha value is -4.40. The lowest BCUT2D eigenvalue weighted by atomic mass is 9.85. The standard InChI is InChI=1S/C30H31FN4O4/c1-39-26-13-9-23(10-14-26)28(37)33-17-15-30(16-18-33)29(38)34(21-35(30)25-5-3-2-4-6-25)20-27(36)32-19-22-7-11-24(31)12-8-22/h2-14H,15-21H2,1H3,(H,32,36). The molecule has 0 bridgehead atoms. The highest BCUT2D eigenvalue weighted by atomic mass is 19.1. The molecule has 1 N–H and O–H groups in total. The molecule has 202 valence electrons. The Balaban J connectivity index is 1.28. The fourth-order valence-corrected chi connectivity index (χ4v) is 5.35. The van der Waals surface area contributed by atoms with E-state index in [1.165, 1.54) is 12.1 Å². The molecule has 2 aliphatic rings.